The smallest absolute Gasteiger partial charge is 0.223 e. The summed E-state index contributed by atoms with van der Waals surface area (Å²) in [6, 6.07) is 0. The first-order valence-electron chi connectivity index (χ1n) is 10.3. The molecular weight excluding hydrogens is 457 g/mol. The van der Waals surface area contributed by atoms with E-state index in [-0.39, 0.29) is 41.3 Å². The van der Waals surface area contributed by atoms with Crippen LogP contribution in [-0.4, -0.2) is 75.3 Å². The number of halogens is 1. The number of carbonyl (C=O) groups is 1. The minimum absolute atomic E-state index is 0. The van der Waals surface area contributed by atoms with Crippen molar-refractivity contribution in [2.75, 3.05) is 53.0 Å². The van der Waals surface area contributed by atoms with E-state index in [0.29, 0.717) is 13.1 Å². The van der Waals surface area contributed by atoms with Gasteiger partial charge in [-0.15, -0.1) is 24.0 Å². The molecule has 3 aliphatic rings. The highest BCUT2D eigenvalue weighted by molar-refractivity contribution is 14.0. The number of morpholine rings is 1. The third kappa shape index (κ3) is 6.74. The van der Waals surface area contributed by atoms with E-state index < -0.39 is 0 Å². The molecule has 0 bridgehead atoms. The van der Waals surface area contributed by atoms with Gasteiger partial charge in [-0.1, -0.05) is 19.3 Å². The van der Waals surface area contributed by atoms with Gasteiger partial charge in [0.15, 0.2) is 5.96 Å². The van der Waals surface area contributed by atoms with Crippen LogP contribution in [0.5, 0.6) is 0 Å². The van der Waals surface area contributed by atoms with Gasteiger partial charge in [0.2, 0.25) is 5.91 Å². The van der Waals surface area contributed by atoms with Crippen molar-refractivity contribution in [3.63, 3.8) is 0 Å². The van der Waals surface area contributed by atoms with Gasteiger partial charge in [-0.05, 0) is 25.7 Å². The number of rotatable bonds is 7. The number of carbonyl (C=O) groups excluding carboxylic acids is 1. The summed E-state index contributed by atoms with van der Waals surface area (Å²) >= 11 is 0. The number of nitrogens with zero attached hydrogens (tertiary/aromatic N) is 2. The van der Waals surface area contributed by atoms with Crippen molar-refractivity contribution >= 4 is 35.8 Å². The van der Waals surface area contributed by atoms with Gasteiger partial charge in [0.05, 0.1) is 13.2 Å². The van der Waals surface area contributed by atoms with Crippen LogP contribution in [0.2, 0.25) is 0 Å². The molecular formula is C19H36IN5O2. The maximum Gasteiger partial charge on any atom is 0.223 e. The minimum atomic E-state index is 0. The first kappa shape index (κ1) is 22.7. The van der Waals surface area contributed by atoms with Gasteiger partial charge in [0.25, 0.3) is 0 Å². The van der Waals surface area contributed by atoms with E-state index in [1.165, 1.54) is 32.1 Å². The van der Waals surface area contributed by atoms with Crippen molar-refractivity contribution in [3.05, 3.63) is 0 Å². The van der Waals surface area contributed by atoms with E-state index >= 15 is 0 Å². The molecule has 0 aromatic heterocycles. The Hall–Kier alpha value is -0.610. The molecule has 3 rings (SSSR count). The van der Waals surface area contributed by atoms with Gasteiger partial charge in [-0.3, -0.25) is 14.7 Å². The van der Waals surface area contributed by atoms with Gasteiger partial charge in [-0.2, -0.15) is 0 Å². The van der Waals surface area contributed by atoms with E-state index in [0.717, 1.165) is 51.6 Å². The molecule has 1 aliphatic heterocycles. The summed E-state index contributed by atoms with van der Waals surface area (Å²) < 4.78 is 5.56. The van der Waals surface area contributed by atoms with Gasteiger partial charge in [0, 0.05) is 51.2 Å². The topological polar surface area (TPSA) is 78.0 Å². The fourth-order valence-electron chi connectivity index (χ4n) is 4.18. The molecule has 3 N–H and O–H groups in total. The largest absolute Gasteiger partial charge is 0.379 e. The van der Waals surface area contributed by atoms with E-state index in [9.17, 15) is 4.79 Å². The fraction of sp³-hybridized carbons (Fsp3) is 0.895. The molecule has 1 amide bonds. The zero-order chi connectivity index (χ0) is 18.2. The standard InChI is InChI=1S/C19H35N5O2.HI/c1-20-18(22-10-9-21-17(25)16-5-6-16)23-15-19(7-3-2-4-8-19)24-11-13-26-14-12-24;/h16H,2-15H2,1H3,(H,21,25)(H2,20,22,23);1H. The summed E-state index contributed by atoms with van der Waals surface area (Å²) in [7, 11) is 1.81. The lowest BCUT2D eigenvalue weighted by Crippen LogP contribution is -2.60. The molecule has 27 heavy (non-hydrogen) atoms. The van der Waals surface area contributed by atoms with Crippen molar-refractivity contribution in [1.82, 2.24) is 20.9 Å². The van der Waals surface area contributed by atoms with Gasteiger partial charge in [-0.25, -0.2) is 0 Å². The summed E-state index contributed by atoms with van der Waals surface area (Å²) in [5.74, 6) is 1.29. The lowest BCUT2D eigenvalue weighted by molar-refractivity contribution is -0.122. The summed E-state index contributed by atoms with van der Waals surface area (Å²) in [5.41, 5.74) is 0.222. The van der Waals surface area contributed by atoms with E-state index in [4.69, 9.17) is 4.74 Å². The first-order valence-corrected chi connectivity index (χ1v) is 10.3. The maximum atomic E-state index is 11.7. The number of amides is 1. The summed E-state index contributed by atoms with van der Waals surface area (Å²) in [6.07, 6.45) is 8.54. The Labute approximate surface area is 180 Å². The quantitative estimate of drug-likeness (QED) is 0.216. The molecule has 7 nitrogen and oxygen atoms in total. The second kappa shape index (κ2) is 11.4. The third-order valence-corrected chi connectivity index (χ3v) is 5.94. The molecule has 0 aromatic carbocycles. The molecule has 2 aliphatic carbocycles. The Bertz CT molecular complexity index is 486. The number of guanidine groups is 1. The Balaban J connectivity index is 0.00000261. The summed E-state index contributed by atoms with van der Waals surface area (Å²) in [4.78, 5) is 18.7. The Kier molecular flexibility index (Phi) is 9.58. The Morgan fingerprint density at radius 3 is 2.37 bits per heavy atom. The predicted octanol–water partition coefficient (Wildman–Crippen LogP) is 1.33. The van der Waals surface area contributed by atoms with Crippen LogP contribution in [0.25, 0.3) is 0 Å². The van der Waals surface area contributed by atoms with Crippen LogP contribution < -0.4 is 16.0 Å². The van der Waals surface area contributed by atoms with Gasteiger partial charge < -0.3 is 20.7 Å². The minimum Gasteiger partial charge on any atom is -0.379 e. The van der Waals surface area contributed by atoms with Crippen LogP contribution in [0.4, 0.5) is 0 Å². The summed E-state index contributed by atoms with van der Waals surface area (Å²) in [6.45, 7) is 6.00. The number of ether oxygens (including phenoxy) is 1. The molecule has 0 spiro atoms. The van der Waals surface area contributed by atoms with Crippen LogP contribution in [-0.2, 0) is 9.53 Å². The number of hydrogen-bond donors (Lipinski definition) is 3. The van der Waals surface area contributed by atoms with Crippen molar-refractivity contribution in [3.8, 4) is 0 Å². The highest BCUT2D eigenvalue weighted by Gasteiger charge is 2.38. The van der Waals surface area contributed by atoms with Crippen molar-refractivity contribution in [1.29, 1.82) is 0 Å². The lowest BCUT2D eigenvalue weighted by atomic mass is 9.80. The zero-order valence-electron chi connectivity index (χ0n) is 16.6. The van der Waals surface area contributed by atoms with E-state index in [1.807, 2.05) is 0 Å². The lowest BCUT2D eigenvalue weighted by Gasteiger charge is -2.48. The first-order chi connectivity index (χ1) is 12.7. The van der Waals surface area contributed by atoms with Crippen LogP contribution in [0, 0.1) is 5.92 Å². The van der Waals surface area contributed by atoms with E-state index in [1.54, 1.807) is 7.05 Å². The molecule has 3 fully saturated rings. The second-order valence-corrected chi connectivity index (χ2v) is 7.80. The molecule has 0 unspecified atom stereocenters. The van der Waals surface area contributed by atoms with Crippen molar-refractivity contribution in [2.24, 2.45) is 10.9 Å². The molecule has 1 heterocycles. The Morgan fingerprint density at radius 1 is 1.07 bits per heavy atom. The highest BCUT2D eigenvalue weighted by Crippen LogP contribution is 2.33. The number of nitrogens with one attached hydrogen (secondary N) is 3. The van der Waals surface area contributed by atoms with Gasteiger partial charge >= 0.3 is 0 Å². The molecule has 2 saturated carbocycles. The normalized spacial score (nSPS) is 23.2. The second-order valence-electron chi connectivity index (χ2n) is 7.80. The fourth-order valence-corrected chi connectivity index (χ4v) is 4.18. The van der Waals surface area contributed by atoms with Crippen LogP contribution >= 0.6 is 24.0 Å². The number of hydrogen-bond acceptors (Lipinski definition) is 4. The zero-order valence-corrected chi connectivity index (χ0v) is 18.9. The monoisotopic (exact) mass is 493 g/mol. The van der Waals surface area contributed by atoms with Crippen LogP contribution in [0.15, 0.2) is 4.99 Å². The Morgan fingerprint density at radius 2 is 1.74 bits per heavy atom. The average molecular weight is 493 g/mol. The third-order valence-electron chi connectivity index (χ3n) is 5.94. The maximum absolute atomic E-state index is 11.7. The molecule has 0 atom stereocenters. The molecule has 0 aromatic rings. The van der Waals surface area contributed by atoms with Crippen LogP contribution in [0.1, 0.15) is 44.9 Å². The van der Waals surface area contributed by atoms with E-state index in [2.05, 4.69) is 25.8 Å². The molecule has 1 saturated heterocycles. The average Bonchev–Trinajstić information content (AvgIpc) is 3.54. The van der Waals surface area contributed by atoms with Crippen molar-refractivity contribution in [2.45, 2.75) is 50.5 Å². The van der Waals surface area contributed by atoms with Crippen LogP contribution in [0.3, 0.4) is 0 Å². The molecule has 8 heteroatoms. The number of aliphatic imine (C=N–C) groups is 1. The predicted molar refractivity (Wildman–Crippen MR) is 119 cm³/mol. The summed E-state index contributed by atoms with van der Waals surface area (Å²) in [5, 5.41) is 9.85. The van der Waals surface area contributed by atoms with Crippen molar-refractivity contribution < 1.29 is 9.53 Å². The van der Waals surface area contributed by atoms with Gasteiger partial charge in [0.1, 0.15) is 0 Å². The molecule has 0 radical (unpaired) electrons. The SMILES string of the molecule is CN=C(NCCNC(=O)C1CC1)NCC1(N2CCOCC2)CCCCC1.I. The molecule has 156 valence electrons. The highest BCUT2D eigenvalue weighted by atomic mass is 127.